The molecule has 0 bridgehead atoms. The van der Waals surface area contributed by atoms with Crippen LogP contribution in [0.25, 0.3) is 10.8 Å². The van der Waals surface area contributed by atoms with Crippen molar-refractivity contribution in [2.75, 3.05) is 0 Å². The van der Waals surface area contributed by atoms with Crippen LogP contribution in [0.2, 0.25) is 0 Å². The van der Waals surface area contributed by atoms with Gasteiger partial charge < -0.3 is 5.73 Å². The third-order valence-electron chi connectivity index (χ3n) is 3.71. The Morgan fingerprint density at radius 1 is 0.900 bits per heavy atom. The summed E-state index contributed by atoms with van der Waals surface area (Å²) in [5, 5.41) is 2.45. The third-order valence-corrected chi connectivity index (χ3v) is 3.71. The Labute approximate surface area is 120 Å². The molecule has 3 rings (SSSR count). The fourth-order valence-corrected chi connectivity index (χ4v) is 2.60. The van der Waals surface area contributed by atoms with Crippen LogP contribution < -0.4 is 5.73 Å². The maximum absolute atomic E-state index is 6.38. The van der Waals surface area contributed by atoms with Gasteiger partial charge in [0.1, 0.15) is 0 Å². The van der Waals surface area contributed by atoms with Crippen molar-refractivity contribution in [2.45, 2.75) is 18.9 Å². The van der Waals surface area contributed by atoms with E-state index in [0.717, 1.165) is 18.4 Å². The number of benzene rings is 3. The van der Waals surface area contributed by atoms with E-state index in [4.69, 9.17) is 5.73 Å². The maximum atomic E-state index is 6.38. The number of nitrogens with two attached hydrogens (primary N) is 1. The first-order chi connectivity index (χ1) is 9.84. The van der Waals surface area contributed by atoms with Crippen molar-refractivity contribution in [3.63, 3.8) is 0 Å². The Morgan fingerprint density at radius 3 is 2.50 bits per heavy atom. The van der Waals surface area contributed by atoms with E-state index < -0.39 is 0 Å². The van der Waals surface area contributed by atoms with Crippen LogP contribution in [-0.4, -0.2) is 0 Å². The predicted molar refractivity (Wildman–Crippen MR) is 84.5 cm³/mol. The Balaban J connectivity index is 1.80. The van der Waals surface area contributed by atoms with E-state index in [9.17, 15) is 0 Å². The number of rotatable bonds is 4. The first-order valence-corrected chi connectivity index (χ1v) is 7.03. The van der Waals surface area contributed by atoms with Gasteiger partial charge in [-0.1, -0.05) is 66.7 Å². The van der Waals surface area contributed by atoms with Gasteiger partial charge in [0.15, 0.2) is 0 Å². The standard InChI is InChI=1S/C19H18N/c20-19(14-13-15-7-2-1-3-8-15)18-12-6-10-16-9-4-5-11-17(16)18/h1-11,19H,13-14,20H2/t19-/m0/s1. The molecule has 3 aromatic rings. The second-order valence-electron chi connectivity index (χ2n) is 5.11. The zero-order valence-corrected chi connectivity index (χ0v) is 11.4. The molecule has 1 radical (unpaired) electrons. The van der Waals surface area contributed by atoms with E-state index in [2.05, 4.69) is 60.7 Å². The SMILES string of the molecule is N[C@@H](CCc1ccccc1)c1[c]ccc2ccccc12. The highest BCUT2D eigenvalue weighted by atomic mass is 14.6. The number of hydrogen-bond donors (Lipinski definition) is 1. The molecule has 0 fully saturated rings. The average molecular weight is 260 g/mol. The lowest BCUT2D eigenvalue weighted by Gasteiger charge is -2.14. The summed E-state index contributed by atoms with van der Waals surface area (Å²) in [5.74, 6) is 0. The summed E-state index contributed by atoms with van der Waals surface area (Å²) in [5.41, 5.74) is 8.84. The van der Waals surface area contributed by atoms with Crippen LogP contribution in [0.4, 0.5) is 0 Å². The molecule has 2 N–H and O–H groups in total. The van der Waals surface area contributed by atoms with Crippen LogP contribution in [0.15, 0.2) is 66.7 Å². The molecule has 0 aromatic heterocycles. The highest BCUT2D eigenvalue weighted by Crippen LogP contribution is 2.25. The van der Waals surface area contributed by atoms with Gasteiger partial charge in [-0.2, -0.15) is 0 Å². The minimum absolute atomic E-state index is 0.0290. The third kappa shape index (κ3) is 2.73. The molecule has 0 aliphatic rings. The molecule has 0 heterocycles. The number of fused-ring (bicyclic) bond motifs is 1. The molecule has 1 heteroatoms. The molecule has 0 aliphatic carbocycles. The fourth-order valence-electron chi connectivity index (χ4n) is 2.60. The zero-order valence-electron chi connectivity index (χ0n) is 11.4. The van der Waals surface area contributed by atoms with Gasteiger partial charge >= 0.3 is 0 Å². The van der Waals surface area contributed by atoms with E-state index >= 15 is 0 Å². The first kappa shape index (κ1) is 12.9. The Hall–Kier alpha value is -2.12. The number of aryl methyl sites for hydroxylation is 1. The molecule has 0 amide bonds. The lowest BCUT2D eigenvalue weighted by atomic mass is 9.95. The van der Waals surface area contributed by atoms with E-state index in [0.29, 0.717) is 0 Å². The van der Waals surface area contributed by atoms with E-state index in [1.54, 1.807) is 0 Å². The van der Waals surface area contributed by atoms with Gasteiger partial charge in [0.05, 0.1) is 0 Å². The molecule has 0 unspecified atom stereocenters. The summed E-state index contributed by atoms with van der Waals surface area (Å²) >= 11 is 0. The molecule has 0 saturated carbocycles. The summed E-state index contributed by atoms with van der Waals surface area (Å²) in [7, 11) is 0. The molecular weight excluding hydrogens is 242 g/mol. The normalized spacial score (nSPS) is 12.4. The van der Waals surface area contributed by atoms with Gasteiger partial charge in [-0.25, -0.2) is 0 Å². The monoisotopic (exact) mass is 260 g/mol. The summed E-state index contributed by atoms with van der Waals surface area (Å²) in [4.78, 5) is 0. The topological polar surface area (TPSA) is 26.0 Å². The Morgan fingerprint density at radius 2 is 1.65 bits per heavy atom. The molecular formula is C19H18N. The second-order valence-corrected chi connectivity index (χ2v) is 5.11. The van der Waals surface area contributed by atoms with E-state index in [1.165, 1.54) is 16.3 Å². The van der Waals surface area contributed by atoms with Crippen molar-refractivity contribution in [3.8, 4) is 0 Å². The quantitative estimate of drug-likeness (QED) is 0.744. The summed E-state index contributed by atoms with van der Waals surface area (Å²) in [6.07, 6.45) is 1.94. The molecule has 0 aliphatic heterocycles. The van der Waals surface area contributed by atoms with Gasteiger partial charge in [-0.15, -0.1) is 0 Å². The lowest BCUT2D eigenvalue weighted by Crippen LogP contribution is -2.12. The predicted octanol–water partition coefficient (Wildman–Crippen LogP) is 4.27. The largest absolute Gasteiger partial charge is 0.324 e. The molecule has 20 heavy (non-hydrogen) atoms. The molecule has 99 valence electrons. The molecule has 1 atom stereocenters. The van der Waals surface area contributed by atoms with Gasteiger partial charge in [-0.05, 0) is 40.8 Å². The smallest absolute Gasteiger partial charge is 0.0310 e. The minimum Gasteiger partial charge on any atom is -0.324 e. The van der Waals surface area contributed by atoms with Crippen molar-refractivity contribution in [3.05, 3.63) is 83.9 Å². The van der Waals surface area contributed by atoms with Gasteiger partial charge in [0.25, 0.3) is 0 Å². The molecule has 1 nitrogen and oxygen atoms in total. The van der Waals surface area contributed by atoms with Crippen molar-refractivity contribution < 1.29 is 0 Å². The Kier molecular flexibility index (Phi) is 3.80. The van der Waals surface area contributed by atoms with Gasteiger partial charge in [0, 0.05) is 6.04 Å². The van der Waals surface area contributed by atoms with Crippen LogP contribution in [-0.2, 0) is 6.42 Å². The average Bonchev–Trinajstić information content (AvgIpc) is 2.53. The summed E-state index contributed by atoms with van der Waals surface area (Å²) in [6, 6.07) is 26.3. The number of hydrogen-bond acceptors (Lipinski definition) is 1. The van der Waals surface area contributed by atoms with Crippen LogP contribution >= 0.6 is 0 Å². The van der Waals surface area contributed by atoms with Crippen molar-refractivity contribution in [2.24, 2.45) is 5.73 Å². The van der Waals surface area contributed by atoms with Gasteiger partial charge in [-0.3, -0.25) is 0 Å². The van der Waals surface area contributed by atoms with Crippen molar-refractivity contribution in [1.82, 2.24) is 0 Å². The lowest BCUT2D eigenvalue weighted by molar-refractivity contribution is 0.655. The summed E-state index contributed by atoms with van der Waals surface area (Å²) < 4.78 is 0. The van der Waals surface area contributed by atoms with Crippen molar-refractivity contribution >= 4 is 10.8 Å². The minimum atomic E-state index is 0.0290. The van der Waals surface area contributed by atoms with Crippen LogP contribution in [0.5, 0.6) is 0 Å². The van der Waals surface area contributed by atoms with Gasteiger partial charge in [0.2, 0.25) is 0 Å². The zero-order chi connectivity index (χ0) is 13.8. The second kappa shape index (κ2) is 5.89. The maximum Gasteiger partial charge on any atom is 0.0310 e. The van der Waals surface area contributed by atoms with Crippen molar-refractivity contribution in [1.29, 1.82) is 0 Å². The molecule has 0 spiro atoms. The highest BCUT2D eigenvalue weighted by Gasteiger charge is 2.09. The van der Waals surface area contributed by atoms with Crippen LogP contribution in [0.1, 0.15) is 23.6 Å². The molecule has 3 aromatic carbocycles. The molecule has 0 saturated heterocycles. The summed E-state index contributed by atoms with van der Waals surface area (Å²) in [6.45, 7) is 0. The Bertz CT molecular complexity index is 683. The van der Waals surface area contributed by atoms with E-state index in [-0.39, 0.29) is 6.04 Å². The first-order valence-electron chi connectivity index (χ1n) is 7.03. The van der Waals surface area contributed by atoms with E-state index in [1.807, 2.05) is 12.1 Å². The van der Waals surface area contributed by atoms with Crippen LogP contribution in [0.3, 0.4) is 0 Å². The highest BCUT2D eigenvalue weighted by molar-refractivity contribution is 5.85. The fraction of sp³-hybridized carbons (Fsp3) is 0.158. The van der Waals surface area contributed by atoms with Crippen LogP contribution in [0, 0.1) is 6.07 Å².